The highest BCUT2D eigenvalue weighted by Crippen LogP contribution is 2.18. The van der Waals surface area contributed by atoms with E-state index in [-0.39, 0.29) is 6.10 Å². The molecule has 0 N–H and O–H groups in total. The van der Waals surface area contributed by atoms with Crippen LogP contribution in [0, 0.1) is 31.6 Å². The summed E-state index contributed by atoms with van der Waals surface area (Å²) in [6.07, 6.45) is 1.90. The van der Waals surface area contributed by atoms with Crippen LogP contribution in [0.2, 0.25) is 0 Å². The molecule has 2 aromatic rings. The van der Waals surface area contributed by atoms with Gasteiger partial charge in [0.1, 0.15) is 0 Å². The maximum Gasteiger partial charge on any atom is 0.282 e. The first-order valence-corrected chi connectivity index (χ1v) is 8.57. The van der Waals surface area contributed by atoms with Crippen molar-refractivity contribution in [1.29, 1.82) is 0 Å². The molecule has 1 saturated heterocycles. The minimum Gasteiger partial charge on any atom is -0.376 e. The van der Waals surface area contributed by atoms with Crippen molar-refractivity contribution in [3.8, 4) is 0 Å². The summed E-state index contributed by atoms with van der Waals surface area (Å²) in [4.78, 5) is 20.1. The van der Waals surface area contributed by atoms with E-state index in [1.807, 2.05) is 18.4 Å². The predicted octanol–water partition coefficient (Wildman–Crippen LogP) is 2.90. The number of aromatic nitrogens is 2. The minimum atomic E-state index is -1.66. The first-order chi connectivity index (χ1) is 11.9. The van der Waals surface area contributed by atoms with E-state index in [2.05, 4.69) is 9.98 Å². The Kier molecular flexibility index (Phi) is 5.05. The van der Waals surface area contributed by atoms with Gasteiger partial charge in [-0.3, -0.25) is 4.79 Å². The van der Waals surface area contributed by atoms with Crippen LogP contribution in [-0.4, -0.2) is 28.2 Å². The minimum absolute atomic E-state index is 0.0225. The third-order valence-electron chi connectivity index (χ3n) is 4.11. The molecule has 1 fully saturated rings. The fourth-order valence-electron chi connectivity index (χ4n) is 2.66. The van der Waals surface area contributed by atoms with Gasteiger partial charge in [0.05, 0.1) is 18.2 Å². The van der Waals surface area contributed by atoms with E-state index in [0.717, 1.165) is 23.4 Å². The molecule has 1 atom stereocenters. The molecule has 0 radical (unpaired) electrons. The van der Waals surface area contributed by atoms with Crippen molar-refractivity contribution in [3.63, 3.8) is 0 Å². The number of halogens is 3. The molecule has 3 heterocycles. The van der Waals surface area contributed by atoms with E-state index in [1.165, 1.54) is 11.3 Å². The van der Waals surface area contributed by atoms with Crippen LogP contribution in [0.25, 0.3) is 0 Å². The zero-order valence-corrected chi connectivity index (χ0v) is 14.5. The second kappa shape index (κ2) is 7.09. The zero-order valence-electron chi connectivity index (χ0n) is 13.7. The molecule has 5 nitrogen and oxygen atoms in total. The molecule has 1 aliphatic heterocycles. The second-order valence-electron chi connectivity index (χ2n) is 5.79. The van der Waals surface area contributed by atoms with Crippen LogP contribution in [0.5, 0.6) is 0 Å². The Morgan fingerprint density at radius 1 is 1.44 bits per heavy atom. The van der Waals surface area contributed by atoms with Gasteiger partial charge in [-0.2, -0.15) is 18.8 Å². The first kappa shape index (κ1) is 17.8. The van der Waals surface area contributed by atoms with Gasteiger partial charge in [-0.1, -0.05) is 0 Å². The summed E-state index contributed by atoms with van der Waals surface area (Å²) in [5.74, 6) is -5.50. The van der Waals surface area contributed by atoms with Crippen molar-refractivity contribution in [1.82, 2.24) is 9.55 Å². The molecule has 25 heavy (non-hydrogen) atoms. The molecule has 1 unspecified atom stereocenters. The highest BCUT2D eigenvalue weighted by atomic mass is 32.1. The van der Waals surface area contributed by atoms with Gasteiger partial charge in [0, 0.05) is 23.2 Å². The van der Waals surface area contributed by atoms with Crippen molar-refractivity contribution in [2.45, 2.75) is 39.3 Å². The lowest BCUT2D eigenvalue weighted by atomic mass is 10.2. The number of rotatable bonds is 3. The standard InChI is InChI=1S/C16H16F3N3O2S/c1-8-9(2)25-16(22(8)7-10-4-3-5-24-10)21-15(23)11-6-12(17)20-14(19)13(11)18/h6,10H,3-5,7H2,1-2H3/b21-16-. The summed E-state index contributed by atoms with van der Waals surface area (Å²) in [7, 11) is 0. The van der Waals surface area contributed by atoms with Gasteiger partial charge in [0.2, 0.25) is 5.95 Å². The number of pyridine rings is 1. The Hall–Kier alpha value is -2.00. The average molecular weight is 371 g/mol. The van der Waals surface area contributed by atoms with Crippen LogP contribution in [0.3, 0.4) is 0 Å². The molecule has 2 aromatic heterocycles. The summed E-state index contributed by atoms with van der Waals surface area (Å²) < 4.78 is 47.6. The summed E-state index contributed by atoms with van der Waals surface area (Å²) in [6.45, 7) is 4.97. The molecule has 1 amide bonds. The predicted molar refractivity (Wildman–Crippen MR) is 84.8 cm³/mol. The summed E-state index contributed by atoms with van der Waals surface area (Å²) >= 11 is 1.26. The molecule has 0 aliphatic carbocycles. The van der Waals surface area contributed by atoms with Gasteiger partial charge in [0.25, 0.3) is 11.9 Å². The van der Waals surface area contributed by atoms with Gasteiger partial charge < -0.3 is 9.30 Å². The van der Waals surface area contributed by atoms with Crippen LogP contribution in [0.1, 0.15) is 33.8 Å². The maximum atomic E-state index is 13.7. The fraction of sp³-hybridized carbons (Fsp3) is 0.438. The highest BCUT2D eigenvalue weighted by molar-refractivity contribution is 7.09. The quantitative estimate of drug-likeness (QED) is 0.780. The number of hydrogen-bond acceptors (Lipinski definition) is 4. The lowest BCUT2D eigenvalue weighted by Crippen LogP contribution is -2.25. The Morgan fingerprint density at radius 2 is 2.20 bits per heavy atom. The SMILES string of the molecule is Cc1s/c(=N\C(=O)c2cc(F)nc(F)c2F)n(CC2CCCO2)c1C. The van der Waals surface area contributed by atoms with Crippen molar-refractivity contribution in [3.05, 3.63) is 44.7 Å². The van der Waals surface area contributed by atoms with Crippen molar-refractivity contribution >= 4 is 17.2 Å². The third-order valence-corrected chi connectivity index (χ3v) is 5.21. The maximum absolute atomic E-state index is 13.7. The number of aryl methyl sites for hydroxylation is 1. The lowest BCUT2D eigenvalue weighted by molar-refractivity contribution is 0.0944. The Labute approximate surface area is 145 Å². The van der Waals surface area contributed by atoms with Gasteiger partial charge in [-0.25, -0.2) is 4.39 Å². The molecule has 0 bridgehead atoms. The fourth-order valence-corrected chi connectivity index (χ4v) is 3.64. The van der Waals surface area contributed by atoms with Crippen LogP contribution in [0.4, 0.5) is 13.2 Å². The van der Waals surface area contributed by atoms with Crippen molar-refractivity contribution in [2.24, 2.45) is 4.99 Å². The Morgan fingerprint density at radius 3 is 2.88 bits per heavy atom. The van der Waals surface area contributed by atoms with Gasteiger partial charge in [-0.05, 0) is 26.7 Å². The molecule has 0 saturated carbocycles. The lowest BCUT2D eigenvalue weighted by Gasteiger charge is -2.12. The van der Waals surface area contributed by atoms with Crippen LogP contribution in [0.15, 0.2) is 11.1 Å². The highest BCUT2D eigenvalue weighted by Gasteiger charge is 2.21. The van der Waals surface area contributed by atoms with E-state index in [0.29, 0.717) is 24.0 Å². The van der Waals surface area contributed by atoms with E-state index < -0.39 is 29.2 Å². The van der Waals surface area contributed by atoms with E-state index in [1.54, 1.807) is 0 Å². The topological polar surface area (TPSA) is 56.5 Å². The van der Waals surface area contributed by atoms with E-state index in [9.17, 15) is 18.0 Å². The molecule has 134 valence electrons. The number of carbonyl (C=O) groups excluding carboxylic acids is 1. The number of hydrogen-bond donors (Lipinski definition) is 0. The van der Waals surface area contributed by atoms with E-state index in [4.69, 9.17) is 4.74 Å². The smallest absolute Gasteiger partial charge is 0.282 e. The van der Waals surface area contributed by atoms with Crippen LogP contribution >= 0.6 is 11.3 Å². The molecule has 3 rings (SSSR count). The summed E-state index contributed by atoms with van der Waals surface area (Å²) in [6, 6.07) is 0.544. The van der Waals surface area contributed by atoms with Crippen molar-refractivity contribution < 1.29 is 22.7 Å². The van der Waals surface area contributed by atoms with Crippen LogP contribution in [-0.2, 0) is 11.3 Å². The van der Waals surface area contributed by atoms with Gasteiger partial charge in [-0.15, -0.1) is 11.3 Å². The molecular weight excluding hydrogens is 355 g/mol. The normalized spacial score (nSPS) is 18.1. The largest absolute Gasteiger partial charge is 0.376 e. The molecule has 1 aliphatic rings. The third kappa shape index (κ3) is 3.67. The molecule has 9 heteroatoms. The summed E-state index contributed by atoms with van der Waals surface area (Å²) in [5.41, 5.74) is 0.136. The monoisotopic (exact) mass is 371 g/mol. The van der Waals surface area contributed by atoms with E-state index >= 15 is 0 Å². The van der Waals surface area contributed by atoms with Crippen LogP contribution < -0.4 is 4.80 Å². The number of amides is 1. The molecular formula is C16H16F3N3O2S. The number of ether oxygens (including phenoxy) is 1. The first-order valence-electron chi connectivity index (χ1n) is 7.76. The number of thiazole rings is 1. The second-order valence-corrected chi connectivity index (χ2v) is 6.97. The number of nitrogens with zero attached hydrogens (tertiary/aromatic N) is 3. The number of carbonyl (C=O) groups is 1. The average Bonchev–Trinajstić information content (AvgIpc) is 3.15. The summed E-state index contributed by atoms with van der Waals surface area (Å²) in [5, 5.41) is 0. The van der Waals surface area contributed by atoms with Gasteiger partial charge in [0.15, 0.2) is 10.6 Å². The Balaban J connectivity index is 2.01. The Bertz CT molecular complexity index is 885. The molecule has 0 aromatic carbocycles. The zero-order chi connectivity index (χ0) is 18.1. The van der Waals surface area contributed by atoms with Gasteiger partial charge >= 0.3 is 0 Å². The molecule has 0 spiro atoms. The van der Waals surface area contributed by atoms with Crippen molar-refractivity contribution in [2.75, 3.05) is 6.61 Å².